The molecule has 0 radical (unpaired) electrons. The number of phenols is 1. The zero-order valence-electron chi connectivity index (χ0n) is 7.70. The van der Waals surface area contributed by atoms with Crippen molar-refractivity contribution in [3.05, 3.63) is 28.2 Å². The van der Waals surface area contributed by atoms with Crippen molar-refractivity contribution in [2.24, 2.45) is 5.92 Å². The summed E-state index contributed by atoms with van der Waals surface area (Å²) in [4.78, 5) is 10.6. The molecule has 0 spiro atoms. The summed E-state index contributed by atoms with van der Waals surface area (Å²) in [5.74, 6) is -1.21. The molecule has 0 saturated heterocycles. The van der Waals surface area contributed by atoms with Crippen molar-refractivity contribution in [2.75, 3.05) is 0 Å². The van der Waals surface area contributed by atoms with Gasteiger partial charge in [0.25, 0.3) is 0 Å². The third kappa shape index (κ3) is 2.73. The van der Waals surface area contributed by atoms with Gasteiger partial charge in [0.2, 0.25) is 0 Å². The van der Waals surface area contributed by atoms with Crippen molar-refractivity contribution in [1.82, 2.24) is 0 Å². The van der Waals surface area contributed by atoms with Crippen LogP contribution in [0.4, 0.5) is 0 Å². The zero-order valence-corrected chi connectivity index (χ0v) is 9.28. The van der Waals surface area contributed by atoms with Gasteiger partial charge in [-0.05, 0) is 30.2 Å². The normalized spacial score (nSPS) is 12.4. The lowest BCUT2D eigenvalue weighted by Crippen LogP contribution is -2.12. The van der Waals surface area contributed by atoms with Crippen LogP contribution in [0.25, 0.3) is 0 Å². The molecule has 14 heavy (non-hydrogen) atoms. The highest BCUT2D eigenvalue weighted by Gasteiger charge is 2.13. The molecule has 1 unspecified atom stereocenters. The van der Waals surface area contributed by atoms with E-state index in [1.807, 2.05) is 0 Å². The van der Waals surface area contributed by atoms with E-state index < -0.39 is 11.9 Å². The van der Waals surface area contributed by atoms with Gasteiger partial charge in [0, 0.05) is 4.47 Å². The van der Waals surface area contributed by atoms with Crippen LogP contribution in [0.3, 0.4) is 0 Å². The van der Waals surface area contributed by atoms with Crippen molar-refractivity contribution in [3.63, 3.8) is 0 Å². The summed E-state index contributed by atoms with van der Waals surface area (Å²) in [7, 11) is 0. The van der Waals surface area contributed by atoms with Crippen LogP contribution in [0.1, 0.15) is 12.5 Å². The molecule has 1 aromatic carbocycles. The number of benzene rings is 1. The van der Waals surface area contributed by atoms with Crippen LogP contribution in [0.15, 0.2) is 22.7 Å². The van der Waals surface area contributed by atoms with E-state index in [2.05, 4.69) is 15.9 Å². The molecule has 0 aromatic heterocycles. The molecular weight excluding hydrogens is 248 g/mol. The van der Waals surface area contributed by atoms with Gasteiger partial charge in [-0.2, -0.15) is 0 Å². The standard InChI is InChI=1S/C10H11BrO3/c1-6(10(13)14)4-7-5-8(11)2-3-9(7)12/h2-3,5-6,12H,4H2,1H3,(H,13,14). The smallest absolute Gasteiger partial charge is 0.306 e. The van der Waals surface area contributed by atoms with Crippen LogP contribution < -0.4 is 0 Å². The summed E-state index contributed by atoms with van der Waals surface area (Å²) in [5.41, 5.74) is 0.647. The van der Waals surface area contributed by atoms with Gasteiger partial charge in [-0.3, -0.25) is 4.79 Å². The fourth-order valence-electron chi connectivity index (χ4n) is 1.13. The van der Waals surface area contributed by atoms with Crippen LogP contribution in [-0.4, -0.2) is 16.2 Å². The second-order valence-electron chi connectivity index (χ2n) is 3.22. The molecule has 4 heteroatoms. The van der Waals surface area contributed by atoms with Crippen LogP contribution in [-0.2, 0) is 11.2 Å². The van der Waals surface area contributed by atoms with E-state index in [0.717, 1.165) is 4.47 Å². The topological polar surface area (TPSA) is 57.5 Å². The molecule has 1 aromatic rings. The number of halogens is 1. The summed E-state index contributed by atoms with van der Waals surface area (Å²) >= 11 is 3.26. The zero-order chi connectivity index (χ0) is 10.7. The summed E-state index contributed by atoms with van der Waals surface area (Å²) in [5, 5.41) is 18.2. The van der Waals surface area contributed by atoms with E-state index in [1.165, 1.54) is 0 Å². The predicted octanol–water partition coefficient (Wildman–Crippen LogP) is 2.42. The lowest BCUT2D eigenvalue weighted by atomic mass is 10.0. The predicted molar refractivity (Wildman–Crippen MR) is 56.3 cm³/mol. The van der Waals surface area contributed by atoms with Gasteiger partial charge in [-0.25, -0.2) is 0 Å². The number of carboxylic acid groups (broad SMARTS) is 1. The Kier molecular flexibility index (Phi) is 3.52. The number of phenolic OH excluding ortho intramolecular Hbond substituents is 1. The third-order valence-electron chi connectivity index (χ3n) is 1.99. The molecule has 0 aliphatic heterocycles. The minimum atomic E-state index is -0.857. The van der Waals surface area contributed by atoms with Gasteiger partial charge in [0.1, 0.15) is 5.75 Å². The Morgan fingerprint density at radius 3 is 2.79 bits per heavy atom. The molecule has 0 amide bonds. The Balaban J connectivity index is 2.85. The Morgan fingerprint density at radius 2 is 2.21 bits per heavy atom. The number of hydrogen-bond donors (Lipinski definition) is 2. The van der Waals surface area contributed by atoms with Crippen molar-refractivity contribution in [1.29, 1.82) is 0 Å². The molecule has 0 bridgehead atoms. The second kappa shape index (κ2) is 4.46. The van der Waals surface area contributed by atoms with Crippen LogP contribution >= 0.6 is 15.9 Å². The fourth-order valence-corrected chi connectivity index (χ4v) is 1.54. The van der Waals surface area contributed by atoms with Crippen molar-refractivity contribution >= 4 is 21.9 Å². The molecule has 0 aliphatic carbocycles. The first kappa shape index (κ1) is 11.0. The molecular formula is C10H11BrO3. The first-order chi connectivity index (χ1) is 6.50. The van der Waals surface area contributed by atoms with Crippen LogP contribution in [0.2, 0.25) is 0 Å². The highest BCUT2D eigenvalue weighted by molar-refractivity contribution is 9.10. The van der Waals surface area contributed by atoms with E-state index in [9.17, 15) is 9.90 Å². The number of carbonyl (C=O) groups is 1. The van der Waals surface area contributed by atoms with Gasteiger partial charge < -0.3 is 10.2 Å². The van der Waals surface area contributed by atoms with Gasteiger partial charge in [0.15, 0.2) is 0 Å². The summed E-state index contributed by atoms with van der Waals surface area (Å²) in [6, 6.07) is 4.99. The van der Waals surface area contributed by atoms with E-state index in [-0.39, 0.29) is 5.75 Å². The molecule has 1 rings (SSSR count). The molecule has 0 aliphatic rings. The molecule has 0 fully saturated rings. The summed E-state index contributed by atoms with van der Waals surface area (Å²) < 4.78 is 0.836. The molecule has 2 N–H and O–H groups in total. The van der Waals surface area contributed by atoms with Crippen molar-refractivity contribution < 1.29 is 15.0 Å². The lowest BCUT2D eigenvalue weighted by molar-refractivity contribution is -0.141. The molecule has 76 valence electrons. The minimum absolute atomic E-state index is 0.140. The maximum Gasteiger partial charge on any atom is 0.306 e. The molecule has 0 heterocycles. The number of rotatable bonds is 3. The van der Waals surface area contributed by atoms with E-state index >= 15 is 0 Å². The SMILES string of the molecule is CC(Cc1cc(Br)ccc1O)C(=O)O. The number of aliphatic carboxylic acids is 1. The maximum absolute atomic E-state index is 10.6. The lowest BCUT2D eigenvalue weighted by Gasteiger charge is -2.08. The minimum Gasteiger partial charge on any atom is -0.508 e. The van der Waals surface area contributed by atoms with Gasteiger partial charge in [-0.1, -0.05) is 22.9 Å². The van der Waals surface area contributed by atoms with E-state index in [1.54, 1.807) is 25.1 Å². The Bertz CT molecular complexity index is 349. The van der Waals surface area contributed by atoms with Crippen molar-refractivity contribution in [3.8, 4) is 5.75 Å². The molecule has 1 atom stereocenters. The second-order valence-corrected chi connectivity index (χ2v) is 4.13. The summed E-state index contributed by atoms with van der Waals surface area (Å²) in [6.45, 7) is 1.61. The van der Waals surface area contributed by atoms with Gasteiger partial charge in [-0.15, -0.1) is 0 Å². The Hall–Kier alpha value is -1.03. The molecule has 3 nitrogen and oxygen atoms in total. The van der Waals surface area contributed by atoms with E-state index in [4.69, 9.17) is 5.11 Å². The van der Waals surface area contributed by atoms with Gasteiger partial charge >= 0.3 is 5.97 Å². The third-order valence-corrected chi connectivity index (χ3v) is 2.48. The summed E-state index contributed by atoms with van der Waals surface area (Å²) in [6.07, 6.45) is 0.334. The average Bonchev–Trinajstić information content (AvgIpc) is 2.11. The first-order valence-corrected chi connectivity index (χ1v) is 5.00. The number of hydrogen-bond acceptors (Lipinski definition) is 2. The van der Waals surface area contributed by atoms with Crippen LogP contribution in [0, 0.1) is 5.92 Å². The maximum atomic E-state index is 10.6. The highest BCUT2D eigenvalue weighted by Crippen LogP contribution is 2.24. The molecule has 0 saturated carbocycles. The largest absolute Gasteiger partial charge is 0.508 e. The van der Waals surface area contributed by atoms with Gasteiger partial charge in [0.05, 0.1) is 5.92 Å². The highest BCUT2D eigenvalue weighted by atomic mass is 79.9. The van der Waals surface area contributed by atoms with E-state index in [0.29, 0.717) is 12.0 Å². The number of carboxylic acids is 1. The Morgan fingerprint density at radius 1 is 1.57 bits per heavy atom. The quantitative estimate of drug-likeness (QED) is 0.876. The van der Waals surface area contributed by atoms with Crippen LogP contribution in [0.5, 0.6) is 5.75 Å². The fraction of sp³-hybridized carbons (Fsp3) is 0.300. The average molecular weight is 259 g/mol. The Labute approximate surface area is 90.5 Å². The number of aromatic hydroxyl groups is 1. The first-order valence-electron chi connectivity index (χ1n) is 4.21. The van der Waals surface area contributed by atoms with Crippen molar-refractivity contribution in [2.45, 2.75) is 13.3 Å². The monoisotopic (exact) mass is 258 g/mol.